The molecule has 0 aliphatic heterocycles. The van der Waals surface area contributed by atoms with Crippen LogP contribution in [0.3, 0.4) is 0 Å². The zero-order valence-corrected chi connectivity index (χ0v) is 12.2. The molecule has 110 valence electrons. The summed E-state index contributed by atoms with van der Waals surface area (Å²) >= 11 is 0. The number of hydrogen-bond donors (Lipinski definition) is 3. The van der Waals surface area contributed by atoms with E-state index in [1.165, 1.54) is 6.92 Å². The summed E-state index contributed by atoms with van der Waals surface area (Å²) in [4.78, 5) is 34.0. The molecule has 2 unspecified atom stereocenters. The Labute approximate surface area is 113 Å². The number of carboxylic acids is 1. The summed E-state index contributed by atoms with van der Waals surface area (Å²) in [5.74, 6) is -1.60. The normalized spacial score (nSPS) is 14.3. The van der Waals surface area contributed by atoms with Gasteiger partial charge in [-0.1, -0.05) is 27.7 Å². The van der Waals surface area contributed by atoms with Crippen LogP contribution in [0.5, 0.6) is 0 Å². The Morgan fingerprint density at radius 2 is 1.47 bits per heavy atom. The van der Waals surface area contributed by atoms with Gasteiger partial charge in [0, 0.05) is 0 Å². The van der Waals surface area contributed by atoms with E-state index in [2.05, 4.69) is 10.6 Å². The van der Waals surface area contributed by atoms with Gasteiger partial charge in [0.25, 0.3) is 0 Å². The minimum absolute atomic E-state index is 0.00168. The molecule has 19 heavy (non-hydrogen) atoms. The van der Waals surface area contributed by atoms with E-state index in [1.807, 2.05) is 13.8 Å². The minimum atomic E-state index is -0.991. The lowest BCUT2D eigenvalue weighted by atomic mass is 10.0. The second kappa shape index (κ2) is 7.89. The van der Waals surface area contributed by atoms with Gasteiger partial charge >= 0.3 is 5.97 Å². The van der Waals surface area contributed by atoms with Crippen LogP contribution in [0.2, 0.25) is 0 Å². The van der Waals surface area contributed by atoms with Crippen LogP contribution >= 0.6 is 0 Å². The standard InChI is InChI=1S/C13H24N2O4/c1-7(2)11(9(5)16)15-10(17)6-14-12(8(3)4)13(18)19/h7-8,11-12,14H,6H2,1-5H3,(H,15,17)(H,18,19). The first-order valence-corrected chi connectivity index (χ1v) is 6.42. The van der Waals surface area contributed by atoms with Crippen LogP contribution in [0, 0.1) is 11.8 Å². The van der Waals surface area contributed by atoms with Gasteiger partial charge in [0.2, 0.25) is 5.91 Å². The van der Waals surface area contributed by atoms with Crippen molar-refractivity contribution < 1.29 is 19.5 Å². The number of carbonyl (C=O) groups excluding carboxylic acids is 2. The van der Waals surface area contributed by atoms with Crippen molar-refractivity contribution in [2.24, 2.45) is 11.8 Å². The molecule has 0 saturated carbocycles. The predicted octanol–water partition coefficient (Wildman–Crippen LogP) is 0.415. The van der Waals surface area contributed by atoms with Gasteiger partial charge in [0.15, 0.2) is 5.78 Å². The Balaban J connectivity index is 4.38. The summed E-state index contributed by atoms with van der Waals surface area (Å²) < 4.78 is 0. The summed E-state index contributed by atoms with van der Waals surface area (Å²) in [5, 5.41) is 14.3. The van der Waals surface area contributed by atoms with E-state index >= 15 is 0 Å². The minimum Gasteiger partial charge on any atom is -0.480 e. The van der Waals surface area contributed by atoms with Crippen molar-refractivity contribution in [2.75, 3.05) is 6.54 Å². The number of carbonyl (C=O) groups is 3. The lowest BCUT2D eigenvalue weighted by Gasteiger charge is -2.21. The molecule has 0 aromatic carbocycles. The molecular weight excluding hydrogens is 248 g/mol. The van der Waals surface area contributed by atoms with E-state index < -0.39 is 18.1 Å². The second-order valence-electron chi connectivity index (χ2n) is 5.34. The number of aliphatic carboxylic acids is 1. The molecular formula is C13H24N2O4. The van der Waals surface area contributed by atoms with Crippen LogP contribution in [0.15, 0.2) is 0 Å². The fourth-order valence-corrected chi connectivity index (χ4v) is 1.77. The summed E-state index contributed by atoms with van der Waals surface area (Å²) in [6, 6.07) is -1.31. The molecule has 0 rings (SSSR count). The third kappa shape index (κ3) is 6.33. The molecule has 0 fully saturated rings. The third-order valence-electron chi connectivity index (χ3n) is 2.84. The first-order chi connectivity index (χ1) is 8.66. The van der Waals surface area contributed by atoms with Crippen LogP contribution in [0.4, 0.5) is 0 Å². The number of carboxylic acid groups (broad SMARTS) is 1. The predicted molar refractivity (Wildman–Crippen MR) is 71.7 cm³/mol. The number of ketones is 1. The van der Waals surface area contributed by atoms with E-state index in [0.717, 1.165) is 0 Å². The van der Waals surface area contributed by atoms with E-state index in [1.54, 1.807) is 13.8 Å². The van der Waals surface area contributed by atoms with Crippen LogP contribution in [0.25, 0.3) is 0 Å². The second-order valence-corrected chi connectivity index (χ2v) is 5.34. The molecule has 2 atom stereocenters. The number of hydrogen-bond acceptors (Lipinski definition) is 4. The van der Waals surface area contributed by atoms with Gasteiger partial charge in [-0.25, -0.2) is 0 Å². The van der Waals surface area contributed by atoms with Crippen molar-refractivity contribution in [2.45, 2.75) is 46.7 Å². The van der Waals surface area contributed by atoms with Gasteiger partial charge in [-0.05, 0) is 18.8 Å². The molecule has 3 N–H and O–H groups in total. The molecule has 0 heterocycles. The Morgan fingerprint density at radius 3 is 1.79 bits per heavy atom. The Hall–Kier alpha value is -1.43. The highest BCUT2D eigenvalue weighted by molar-refractivity contribution is 5.88. The topological polar surface area (TPSA) is 95.5 Å². The average molecular weight is 272 g/mol. The van der Waals surface area contributed by atoms with Gasteiger partial charge < -0.3 is 10.4 Å². The zero-order chi connectivity index (χ0) is 15.2. The van der Waals surface area contributed by atoms with Crippen molar-refractivity contribution >= 4 is 17.7 Å². The smallest absolute Gasteiger partial charge is 0.320 e. The fraction of sp³-hybridized carbons (Fsp3) is 0.769. The fourth-order valence-electron chi connectivity index (χ4n) is 1.77. The summed E-state index contributed by atoms with van der Waals surface area (Å²) in [6.45, 7) is 8.51. The highest BCUT2D eigenvalue weighted by atomic mass is 16.4. The number of Topliss-reactive ketones (excluding diaryl/α,β-unsaturated/α-hetero) is 1. The van der Waals surface area contributed by atoms with E-state index in [4.69, 9.17) is 5.11 Å². The maximum atomic E-state index is 11.7. The first kappa shape index (κ1) is 17.6. The average Bonchev–Trinajstić information content (AvgIpc) is 2.24. The molecule has 0 aromatic rings. The highest BCUT2D eigenvalue weighted by Gasteiger charge is 2.24. The molecule has 0 radical (unpaired) electrons. The molecule has 0 spiro atoms. The summed E-state index contributed by atoms with van der Waals surface area (Å²) in [7, 11) is 0. The maximum absolute atomic E-state index is 11.7. The molecule has 6 heteroatoms. The largest absolute Gasteiger partial charge is 0.480 e. The van der Waals surface area contributed by atoms with E-state index in [9.17, 15) is 14.4 Å². The van der Waals surface area contributed by atoms with Gasteiger partial charge in [-0.2, -0.15) is 0 Å². The SMILES string of the molecule is CC(=O)C(NC(=O)CNC(C(=O)O)C(C)C)C(C)C. The third-order valence-corrected chi connectivity index (χ3v) is 2.84. The van der Waals surface area contributed by atoms with Gasteiger partial charge in [-0.15, -0.1) is 0 Å². The number of rotatable bonds is 8. The zero-order valence-electron chi connectivity index (χ0n) is 12.2. The Kier molecular flexibility index (Phi) is 7.29. The molecule has 0 saturated heterocycles. The molecule has 0 bridgehead atoms. The van der Waals surface area contributed by atoms with Crippen LogP contribution in [-0.2, 0) is 14.4 Å². The Morgan fingerprint density at radius 1 is 1.00 bits per heavy atom. The monoisotopic (exact) mass is 272 g/mol. The van der Waals surface area contributed by atoms with Gasteiger partial charge in [0.05, 0.1) is 12.6 Å². The lowest BCUT2D eigenvalue weighted by molar-refractivity contribution is -0.140. The Bertz CT molecular complexity index is 340. The molecule has 0 aromatic heterocycles. The van der Waals surface area contributed by atoms with Crippen molar-refractivity contribution in [3.05, 3.63) is 0 Å². The van der Waals surface area contributed by atoms with Crippen molar-refractivity contribution in [3.63, 3.8) is 0 Å². The van der Waals surface area contributed by atoms with Crippen LogP contribution < -0.4 is 10.6 Å². The molecule has 0 aliphatic carbocycles. The van der Waals surface area contributed by atoms with Crippen LogP contribution in [0.1, 0.15) is 34.6 Å². The van der Waals surface area contributed by atoms with Crippen molar-refractivity contribution in [1.29, 1.82) is 0 Å². The first-order valence-electron chi connectivity index (χ1n) is 6.42. The quantitative estimate of drug-likeness (QED) is 0.595. The van der Waals surface area contributed by atoms with Gasteiger partial charge in [-0.3, -0.25) is 19.7 Å². The summed E-state index contributed by atoms with van der Waals surface area (Å²) in [5.41, 5.74) is 0. The van der Waals surface area contributed by atoms with E-state index in [0.29, 0.717) is 0 Å². The number of amides is 1. The van der Waals surface area contributed by atoms with Crippen molar-refractivity contribution in [1.82, 2.24) is 10.6 Å². The van der Waals surface area contributed by atoms with E-state index in [-0.39, 0.29) is 30.1 Å². The molecule has 6 nitrogen and oxygen atoms in total. The van der Waals surface area contributed by atoms with Crippen LogP contribution in [-0.4, -0.2) is 41.4 Å². The lowest BCUT2D eigenvalue weighted by Crippen LogP contribution is -2.50. The van der Waals surface area contributed by atoms with Gasteiger partial charge in [0.1, 0.15) is 6.04 Å². The molecule has 0 aliphatic rings. The summed E-state index contributed by atoms with van der Waals surface area (Å²) in [6.07, 6.45) is 0. The number of nitrogens with one attached hydrogen (secondary N) is 2. The molecule has 1 amide bonds. The highest BCUT2D eigenvalue weighted by Crippen LogP contribution is 2.03. The van der Waals surface area contributed by atoms with Crippen molar-refractivity contribution in [3.8, 4) is 0 Å². The maximum Gasteiger partial charge on any atom is 0.320 e.